The van der Waals surface area contributed by atoms with E-state index < -0.39 is 0 Å². The average molecular weight is 344 g/mol. The first-order valence-electron chi connectivity index (χ1n) is 4.80. The molecule has 0 saturated heterocycles. The van der Waals surface area contributed by atoms with Crippen LogP contribution in [0.1, 0.15) is 5.56 Å². The maximum absolute atomic E-state index is 13.4. The first-order valence-corrected chi connectivity index (χ1v) is 6.38. The molecule has 0 heterocycles. The second-order valence-electron chi connectivity index (χ2n) is 3.57. The summed E-state index contributed by atoms with van der Waals surface area (Å²) in [5, 5.41) is 0. The minimum absolute atomic E-state index is 0.266. The molecule has 0 bridgehead atoms. The lowest BCUT2D eigenvalue weighted by Gasteiger charge is -2.08. The van der Waals surface area contributed by atoms with Crippen molar-refractivity contribution in [1.29, 1.82) is 0 Å². The van der Waals surface area contributed by atoms with Crippen molar-refractivity contribution in [2.75, 3.05) is 0 Å². The van der Waals surface area contributed by atoms with Crippen LogP contribution in [-0.2, 0) is 0 Å². The SMILES string of the molecule is Cc1ccccc1-c1cc(Br)c(F)c(Br)c1. The molecule has 0 fully saturated rings. The molecule has 0 spiro atoms. The number of halogens is 3. The van der Waals surface area contributed by atoms with E-state index in [2.05, 4.69) is 31.9 Å². The van der Waals surface area contributed by atoms with Crippen LogP contribution in [0.3, 0.4) is 0 Å². The Morgan fingerprint density at radius 2 is 1.56 bits per heavy atom. The molecule has 0 atom stereocenters. The number of aryl methyl sites for hydroxylation is 1. The van der Waals surface area contributed by atoms with E-state index in [1.807, 2.05) is 31.2 Å². The Morgan fingerprint density at radius 1 is 1.00 bits per heavy atom. The lowest BCUT2D eigenvalue weighted by Crippen LogP contribution is -1.86. The van der Waals surface area contributed by atoms with Crippen molar-refractivity contribution in [3.63, 3.8) is 0 Å². The van der Waals surface area contributed by atoms with Gasteiger partial charge in [-0.05, 0) is 67.6 Å². The van der Waals surface area contributed by atoms with Crippen LogP contribution in [0.25, 0.3) is 11.1 Å². The lowest BCUT2D eigenvalue weighted by atomic mass is 10.0. The topological polar surface area (TPSA) is 0 Å². The summed E-state index contributed by atoms with van der Waals surface area (Å²) >= 11 is 6.43. The third-order valence-electron chi connectivity index (χ3n) is 2.44. The van der Waals surface area contributed by atoms with Crippen LogP contribution in [-0.4, -0.2) is 0 Å². The van der Waals surface area contributed by atoms with Crippen LogP contribution in [0.2, 0.25) is 0 Å². The Balaban J connectivity index is 2.62. The molecule has 0 aliphatic heterocycles. The lowest BCUT2D eigenvalue weighted by molar-refractivity contribution is 0.614. The van der Waals surface area contributed by atoms with Gasteiger partial charge in [-0.1, -0.05) is 24.3 Å². The summed E-state index contributed by atoms with van der Waals surface area (Å²) in [5.74, 6) is -0.266. The Labute approximate surface area is 111 Å². The molecule has 3 heteroatoms. The van der Waals surface area contributed by atoms with Crippen LogP contribution in [0, 0.1) is 12.7 Å². The summed E-state index contributed by atoms with van der Waals surface area (Å²) in [6, 6.07) is 11.6. The molecule has 82 valence electrons. The molecule has 0 saturated carbocycles. The molecule has 0 aliphatic rings. The molecule has 0 nitrogen and oxygen atoms in total. The Hall–Kier alpha value is -0.670. The normalized spacial score (nSPS) is 10.5. The number of rotatable bonds is 1. The van der Waals surface area contributed by atoms with Gasteiger partial charge in [0.15, 0.2) is 5.82 Å². The van der Waals surface area contributed by atoms with E-state index >= 15 is 0 Å². The molecule has 0 radical (unpaired) electrons. The Kier molecular flexibility index (Phi) is 3.45. The zero-order valence-electron chi connectivity index (χ0n) is 8.60. The van der Waals surface area contributed by atoms with Gasteiger partial charge in [-0.25, -0.2) is 4.39 Å². The molecule has 0 amide bonds. The molecule has 2 aromatic rings. The molecule has 0 aromatic heterocycles. The predicted octanol–water partition coefficient (Wildman–Crippen LogP) is 5.33. The quantitative estimate of drug-likeness (QED) is 0.614. The van der Waals surface area contributed by atoms with Crippen molar-refractivity contribution in [3.8, 4) is 11.1 Å². The fourth-order valence-electron chi connectivity index (χ4n) is 1.61. The van der Waals surface area contributed by atoms with Gasteiger partial charge in [0, 0.05) is 0 Å². The van der Waals surface area contributed by atoms with Crippen molar-refractivity contribution in [2.24, 2.45) is 0 Å². The molecule has 16 heavy (non-hydrogen) atoms. The van der Waals surface area contributed by atoms with Gasteiger partial charge in [0.25, 0.3) is 0 Å². The van der Waals surface area contributed by atoms with E-state index in [-0.39, 0.29) is 5.82 Å². The van der Waals surface area contributed by atoms with Gasteiger partial charge in [0.1, 0.15) is 0 Å². The van der Waals surface area contributed by atoms with E-state index in [0.717, 1.165) is 11.1 Å². The smallest absolute Gasteiger partial charge is 0.151 e. The molecule has 2 rings (SSSR count). The standard InChI is InChI=1S/C13H9Br2F/c1-8-4-2-3-5-10(8)9-6-11(14)13(16)12(15)7-9/h2-7H,1H3. The van der Waals surface area contributed by atoms with E-state index in [0.29, 0.717) is 8.95 Å². The predicted molar refractivity (Wildman–Crippen MR) is 72.0 cm³/mol. The summed E-state index contributed by atoms with van der Waals surface area (Å²) in [5.41, 5.74) is 3.29. The summed E-state index contributed by atoms with van der Waals surface area (Å²) in [4.78, 5) is 0. The van der Waals surface area contributed by atoms with Gasteiger partial charge in [-0.2, -0.15) is 0 Å². The maximum atomic E-state index is 13.4. The zero-order chi connectivity index (χ0) is 11.7. The fraction of sp³-hybridized carbons (Fsp3) is 0.0769. The van der Waals surface area contributed by atoms with Crippen molar-refractivity contribution >= 4 is 31.9 Å². The van der Waals surface area contributed by atoms with E-state index in [1.165, 1.54) is 5.56 Å². The van der Waals surface area contributed by atoms with E-state index in [9.17, 15) is 4.39 Å². The summed E-state index contributed by atoms with van der Waals surface area (Å²) < 4.78 is 14.4. The van der Waals surface area contributed by atoms with E-state index in [4.69, 9.17) is 0 Å². The fourth-order valence-corrected chi connectivity index (χ4v) is 2.79. The third-order valence-corrected chi connectivity index (χ3v) is 3.59. The third kappa shape index (κ3) is 2.20. The molecule has 0 aliphatic carbocycles. The number of hydrogen-bond donors (Lipinski definition) is 0. The van der Waals surface area contributed by atoms with Gasteiger partial charge < -0.3 is 0 Å². The highest BCUT2D eigenvalue weighted by Crippen LogP contribution is 2.32. The van der Waals surface area contributed by atoms with Crippen LogP contribution < -0.4 is 0 Å². The van der Waals surface area contributed by atoms with E-state index in [1.54, 1.807) is 12.1 Å². The van der Waals surface area contributed by atoms with Crippen LogP contribution in [0.5, 0.6) is 0 Å². The highest BCUT2D eigenvalue weighted by atomic mass is 79.9. The minimum Gasteiger partial charge on any atom is -0.205 e. The van der Waals surface area contributed by atoms with Crippen molar-refractivity contribution < 1.29 is 4.39 Å². The first-order chi connectivity index (χ1) is 7.59. The van der Waals surface area contributed by atoms with Gasteiger partial charge >= 0.3 is 0 Å². The first kappa shape index (κ1) is 11.8. The Bertz CT molecular complexity index is 512. The highest BCUT2D eigenvalue weighted by Gasteiger charge is 2.09. The summed E-state index contributed by atoms with van der Waals surface area (Å²) in [6.07, 6.45) is 0. The zero-order valence-corrected chi connectivity index (χ0v) is 11.8. The highest BCUT2D eigenvalue weighted by molar-refractivity contribution is 9.11. The second kappa shape index (κ2) is 4.68. The molecular formula is C13H9Br2F. The van der Waals surface area contributed by atoms with Gasteiger partial charge in [0.05, 0.1) is 8.95 Å². The van der Waals surface area contributed by atoms with Gasteiger partial charge in [-0.15, -0.1) is 0 Å². The average Bonchev–Trinajstić information content (AvgIpc) is 2.26. The largest absolute Gasteiger partial charge is 0.205 e. The number of benzene rings is 2. The van der Waals surface area contributed by atoms with Crippen LogP contribution in [0.15, 0.2) is 45.3 Å². The molecular weight excluding hydrogens is 335 g/mol. The van der Waals surface area contributed by atoms with Crippen LogP contribution >= 0.6 is 31.9 Å². The van der Waals surface area contributed by atoms with Crippen molar-refractivity contribution in [1.82, 2.24) is 0 Å². The second-order valence-corrected chi connectivity index (χ2v) is 5.28. The van der Waals surface area contributed by atoms with Crippen LogP contribution in [0.4, 0.5) is 4.39 Å². The maximum Gasteiger partial charge on any atom is 0.151 e. The monoisotopic (exact) mass is 342 g/mol. The molecule has 2 aromatic carbocycles. The van der Waals surface area contributed by atoms with Gasteiger partial charge in [0.2, 0.25) is 0 Å². The minimum atomic E-state index is -0.266. The number of hydrogen-bond acceptors (Lipinski definition) is 0. The molecule has 0 N–H and O–H groups in total. The van der Waals surface area contributed by atoms with Crippen molar-refractivity contribution in [3.05, 3.63) is 56.7 Å². The summed E-state index contributed by atoms with van der Waals surface area (Å²) in [7, 11) is 0. The van der Waals surface area contributed by atoms with Crippen molar-refractivity contribution in [2.45, 2.75) is 6.92 Å². The summed E-state index contributed by atoms with van der Waals surface area (Å²) in [6.45, 7) is 2.04. The van der Waals surface area contributed by atoms with Gasteiger partial charge in [-0.3, -0.25) is 0 Å². The molecule has 0 unspecified atom stereocenters. The Morgan fingerprint density at radius 3 is 2.12 bits per heavy atom.